The van der Waals surface area contributed by atoms with Gasteiger partial charge in [-0.2, -0.15) is 0 Å². The molecule has 0 spiro atoms. The first-order valence-corrected chi connectivity index (χ1v) is 10.1. The second-order valence-corrected chi connectivity index (χ2v) is 8.25. The maximum absolute atomic E-state index is 12.3. The van der Waals surface area contributed by atoms with Crippen molar-refractivity contribution in [1.29, 1.82) is 0 Å². The van der Waals surface area contributed by atoms with Gasteiger partial charge in [0.15, 0.2) is 0 Å². The molecule has 4 unspecified atom stereocenters. The molecule has 152 valence electrons. The Hall–Kier alpha value is -1.27. The quantitative estimate of drug-likeness (QED) is 0.385. The molecule has 0 radical (unpaired) electrons. The number of amides is 1. The highest BCUT2D eigenvalue weighted by atomic mass is 35.5. The lowest BCUT2D eigenvalue weighted by molar-refractivity contribution is -0.125. The third kappa shape index (κ3) is 6.11. The average molecular weight is 423 g/mol. The highest BCUT2D eigenvalue weighted by Gasteiger charge is 2.43. The summed E-state index contributed by atoms with van der Waals surface area (Å²) in [5, 5.41) is 23.1. The number of ether oxygens (including phenoxy) is 2. The summed E-state index contributed by atoms with van der Waals surface area (Å²) in [5.74, 6) is -0.370. The van der Waals surface area contributed by atoms with E-state index in [1.807, 2.05) is 0 Å². The molecule has 1 saturated heterocycles. The van der Waals surface area contributed by atoms with Crippen molar-refractivity contribution < 1.29 is 32.9 Å². The predicted octanol–water partition coefficient (Wildman–Crippen LogP) is -0.740. The summed E-state index contributed by atoms with van der Waals surface area (Å²) in [5.41, 5.74) is 0. The Labute approximate surface area is 162 Å². The van der Waals surface area contributed by atoms with Gasteiger partial charge in [0.1, 0.15) is 18.3 Å². The molecule has 1 fully saturated rings. The molecule has 1 heterocycles. The first kappa shape index (κ1) is 22.0. The molecule has 1 aromatic rings. The van der Waals surface area contributed by atoms with Crippen molar-refractivity contribution in [1.82, 2.24) is 10.0 Å². The normalized spacial score (nSPS) is 25.5. The number of nitrogens with one attached hydrogen (secondary N) is 2. The van der Waals surface area contributed by atoms with Crippen molar-refractivity contribution in [2.24, 2.45) is 0 Å². The zero-order valence-corrected chi connectivity index (χ0v) is 16.2. The summed E-state index contributed by atoms with van der Waals surface area (Å²) in [7, 11) is -2.33. The van der Waals surface area contributed by atoms with Gasteiger partial charge in [0.2, 0.25) is 15.9 Å². The minimum Gasteiger partial charge on any atom is -0.388 e. The fraction of sp³-hybridized carbons (Fsp3) is 0.562. The molecule has 1 amide bonds. The molecule has 2 rings (SSSR count). The highest BCUT2D eigenvalue weighted by Crippen LogP contribution is 2.24. The fourth-order valence-electron chi connectivity index (χ4n) is 2.60. The molecule has 0 saturated carbocycles. The van der Waals surface area contributed by atoms with Crippen LogP contribution in [0.5, 0.6) is 0 Å². The largest absolute Gasteiger partial charge is 0.388 e. The van der Waals surface area contributed by atoms with Crippen LogP contribution < -0.4 is 10.0 Å². The summed E-state index contributed by atoms with van der Waals surface area (Å²) in [6.45, 7) is 0.396. The second-order valence-electron chi connectivity index (χ2n) is 6.05. The number of rotatable bonds is 9. The van der Waals surface area contributed by atoms with Gasteiger partial charge in [0.25, 0.3) is 0 Å². The van der Waals surface area contributed by atoms with Crippen LogP contribution >= 0.6 is 11.6 Å². The van der Waals surface area contributed by atoms with Crippen LogP contribution in [-0.2, 0) is 24.3 Å². The second kappa shape index (κ2) is 9.78. The molecular weight excluding hydrogens is 400 g/mol. The van der Waals surface area contributed by atoms with E-state index in [1.54, 1.807) is 0 Å². The number of hydrogen-bond donors (Lipinski definition) is 4. The van der Waals surface area contributed by atoms with E-state index in [4.69, 9.17) is 21.1 Å². The molecule has 11 heteroatoms. The first-order chi connectivity index (χ1) is 12.7. The average Bonchev–Trinajstić information content (AvgIpc) is 2.88. The molecule has 0 aromatic heterocycles. The standard InChI is InChI=1S/C16H23ClN2O7S/c1-25-7-6-18-14(20)8-12-15(21)16(22)13(26-12)9-19-27(23,24)11-4-2-10(17)3-5-11/h2-5,12-13,15-16,19,21-22H,6-9H2,1H3,(H,18,20). The van der Waals surface area contributed by atoms with E-state index in [2.05, 4.69) is 10.0 Å². The van der Waals surface area contributed by atoms with Crippen LogP contribution in [0.1, 0.15) is 6.42 Å². The highest BCUT2D eigenvalue weighted by molar-refractivity contribution is 7.89. The number of sulfonamides is 1. The Morgan fingerprint density at radius 3 is 2.48 bits per heavy atom. The van der Waals surface area contributed by atoms with Crippen molar-refractivity contribution in [3.8, 4) is 0 Å². The van der Waals surface area contributed by atoms with Gasteiger partial charge in [-0.1, -0.05) is 11.6 Å². The Morgan fingerprint density at radius 1 is 1.22 bits per heavy atom. The molecule has 1 aliphatic rings. The van der Waals surface area contributed by atoms with Crippen LogP contribution in [0.15, 0.2) is 29.2 Å². The van der Waals surface area contributed by atoms with Gasteiger partial charge in [0.05, 0.1) is 24.0 Å². The Morgan fingerprint density at radius 2 is 1.85 bits per heavy atom. The lowest BCUT2D eigenvalue weighted by atomic mass is 10.1. The predicted molar refractivity (Wildman–Crippen MR) is 96.8 cm³/mol. The van der Waals surface area contributed by atoms with Crippen molar-refractivity contribution in [2.45, 2.75) is 35.7 Å². The molecule has 0 bridgehead atoms. The van der Waals surface area contributed by atoms with Gasteiger partial charge in [-0.3, -0.25) is 4.79 Å². The lowest BCUT2D eigenvalue weighted by Gasteiger charge is -2.15. The van der Waals surface area contributed by atoms with E-state index in [1.165, 1.54) is 31.4 Å². The number of carbonyl (C=O) groups excluding carboxylic acids is 1. The Bertz CT molecular complexity index is 729. The van der Waals surface area contributed by atoms with E-state index in [0.29, 0.717) is 18.2 Å². The first-order valence-electron chi connectivity index (χ1n) is 8.27. The van der Waals surface area contributed by atoms with Crippen molar-refractivity contribution >= 4 is 27.5 Å². The van der Waals surface area contributed by atoms with Crippen molar-refractivity contribution in [3.05, 3.63) is 29.3 Å². The number of methoxy groups -OCH3 is 1. The van der Waals surface area contributed by atoms with Crippen LogP contribution in [0.4, 0.5) is 0 Å². The summed E-state index contributed by atoms with van der Waals surface area (Å²) >= 11 is 5.74. The van der Waals surface area contributed by atoms with Crippen LogP contribution in [0.3, 0.4) is 0 Å². The number of halogens is 1. The number of aliphatic hydroxyl groups is 2. The van der Waals surface area contributed by atoms with E-state index in [9.17, 15) is 23.4 Å². The third-order valence-corrected chi connectivity index (χ3v) is 5.77. The van der Waals surface area contributed by atoms with E-state index in [0.717, 1.165) is 0 Å². The molecule has 27 heavy (non-hydrogen) atoms. The van der Waals surface area contributed by atoms with Gasteiger partial charge < -0.3 is 25.0 Å². The minimum absolute atomic E-state index is 0.00834. The van der Waals surface area contributed by atoms with Gasteiger partial charge in [-0.05, 0) is 24.3 Å². The molecule has 4 N–H and O–H groups in total. The molecule has 1 aromatic carbocycles. The zero-order chi connectivity index (χ0) is 20.0. The summed E-state index contributed by atoms with van der Waals surface area (Å²) in [6.07, 6.45) is -4.72. The van der Waals surface area contributed by atoms with Gasteiger partial charge in [-0.15, -0.1) is 0 Å². The Kier molecular flexibility index (Phi) is 7.98. The number of hydrogen-bond acceptors (Lipinski definition) is 7. The Balaban J connectivity index is 1.89. The fourth-order valence-corrected chi connectivity index (χ4v) is 3.77. The van der Waals surface area contributed by atoms with Crippen molar-refractivity contribution in [2.75, 3.05) is 26.8 Å². The summed E-state index contributed by atoms with van der Waals surface area (Å²) < 4.78 is 37.1. The zero-order valence-electron chi connectivity index (χ0n) is 14.7. The smallest absolute Gasteiger partial charge is 0.240 e. The maximum atomic E-state index is 12.3. The maximum Gasteiger partial charge on any atom is 0.240 e. The molecule has 0 aliphatic carbocycles. The molecule has 1 aliphatic heterocycles. The van der Waals surface area contributed by atoms with Crippen LogP contribution in [-0.4, -0.2) is 75.8 Å². The van der Waals surface area contributed by atoms with E-state index < -0.39 is 34.4 Å². The molecule has 9 nitrogen and oxygen atoms in total. The van der Waals surface area contributed by atoms with Crippen LogP contribution in [0.2, 0.25) is 5.02 Å². The third-order valence-electron chi connectivity index (χ3n) is 4.07. The van der Waals surface area contributed by atoms with Gasteiger partial charge in [0, 0.05) is 25.2 Å². The van der Waals surface area contributed by atoms with Crippen LogP contribution in [0.25, 0.3) is 0 Å². The van der Waals surface area contributed by atoms with Crippen LogP contribution in [0, 0.1) is 0 Å². The lowest BCUT2D eigenvalue weighted by Crippen LogP contribution is -2.40. The number of benzene rings is 1. The molecule has 4 atom stereocenters. The van der Waals surface area contributed by atoms with Gasteiger partial charge >= 0.3 is 0 Å². The van der Waals surface area contributed by atoms with Crippen molar-refractivity contribution in [3.63, 3.8) is 0 Å². The van der Waals surface area contributed by atoms with E-state index in [-0.39, 0.29) is 23.8 Å². The number of carbonyl (C=O) groups is 1. The minimum atomic E-state index is -3.84. The summed E-state index contributed by atoms with van der Waals surface area (Å²) in [6, 6.07) is 5.58. The summed E-state index contributed by atoms with van der Waals surface area (Å²) in [4.78, 5) is 11.8. The number of aliphatic hydroxyl groups excluding tert-OH is 2. The monoisotopic (exact) mass is 422 g/mol. The van der Waals surface area contributed by atoms with Gasteiger partial charge in [-0.25, -0.2) is 13.1 Å². The SMILES string of the molecule is COCCNC(=O)CC1OC(CNS(=O)(=O)c2ccc(Cl)cc2)C(O)C1O. The molecular formula is C16H23ClN2O7S. The topological polar surface area (TPSA) is 134 Å². The van der Waals surface area contributed by atoms with E-state index >= 15 is 0 Å².